The highest BCUT2D eigenvalue weighted by atomic mass is 16.3. The van der Waals surface area contributed by atoms with E-state index < -0.39 is 0 Å². The lowest BCUT2D eigenvalue weighted by molar-refractivity contribution is 0.132. The maximum absolute atomic E-state index is 5.50. The van der Waals surface area contributed by atoms with Crippen molar-refractivity contribution in [2.24, 2.45) is 0 Å². The zero-order chi connectivity index (χ0) is 12.1. The Morgan fingerprint density at radius 2 is 2.47 bits per heavy atom. The summed E-state index contributed by atoms with van der Waals surface area (Å²) in [6.45, 7) is 7.92. The van der Waals surface area contributed by atoms with Crippen LogP contribution >= 0.6 is 0 Å². The first-order valence-corrected chi connectivity index (χ1v) is 6.82. The summed E-state index contributed by atoms with van der Waals surface area (Å²) in [5.41, 5.74) is 0. The third kappa shape index (κ3) is 3.33. The molecule has 1 fully saturated rings. The van der Waals surface area contributed by atoms with E-state index in [4.69, 9.17) is 4.42 Å². The van der Waals surface area contributed by atoms with Gasteiger partial charge in [-0.15, -0.1) is 0 Å². The highest BCUT2D eigenvalue weighted by Gasteiger charge is 2.24. The summed E-state index contributed by atoms with van der Waals surface area (Å²) in [7, 11) is 0. The van der Waals surface area contributed by atoms with E-state index in [1.807, 2.05) is 6.07 Å². The van der Waals surface area contributed by atoms with Gasteiger partial charge < -0.3 is 9.73 Å². The Balaban J connectivity index is 1.88. The van der Waals surface area contributed by atoms with Crippen molar-refractivity contribution in [1.29, 1.82) is 0 Å². The molecular weight excluding hydrogens is 212 g/mol. The second-order valence-electron chi connectivity index (χ2n) is 4.98. The van der Waals surface area contributed by atoms with Crippen LogP contribution in [-0.4, -0.2) is 30.6 Å². The van der Waals surface area contributed by atoms with Gasteiger partial charge in [-0.1, -0.05) is 6.92 Å². The van der Waals surface area contributed by atoms with Crippen molar-refractivity contribution in [2.75, 3.05) is 19.6 Å². The number of likely N-dealkylation sites (tertiary alicyclic amines) is 1. The van der Waals surface area contributed by atoms with Crippen molar-refractivity contribution < 1.29 is 4.42 Å². The van der Waals surface area contributed by atoms with Crippen LogP contribution in [0.4, 0.5) is 0 Å². The van der Waals surface area contributed by atoms with Crippen LogP contribution in [0.15, 0.2) is 22.8 Å². The number of hydrogen-bond donors (Lipinski definition) is 1. The minimum Gasteiger partial charge on any atom is -0.468 e. The molecule has 0 spiro atoms. The first kappa shape index (κ1) is 12.7. The summed E-state index contributed by atoms with van der Waals surface area (Å²) < 4.78 is 5.50. The van der Waals surface area contributed by atoms with Crippen molar-refractivity contribution in [2.45, 2.75) is 45.2 Å². The average molecular weight is 236 g/mol. The highest BCUT2D eigenvalue weighted by molar-refractivity contribution is 5.04. The topological polar surface area (TPSA) is 28.4 Å². The van der Waals surface area contributed by atoms with Gasteiger partial charge >= 0.3 is 0 Å². The molecule has 2 heterocycles. The van der Waals surface area contributed by atoms with Crippen LogP contribution < -0.4 is 5.32 Å². The van der Waals surface area contributed by atoms with E-state index in [-0.39, 0.29) is 0 Å². The molecule has 3 heteroatoms. The maximum Gasteiger partial charge on any atom is 0.120 e. The lowest BCUT2D eigenvalue weighted by Crippen LogP contribution is -2.46. The Labute approximate surface area is 104 Å². The van der Waals surface area contributed by atoms with E-state index in [2.05, 4.69) is 30.1 Å². The highest BCUT2D eigenvalue weighted by Crippen LogP contribution is 2.24. The predicted molar refractivity (Wildman–Crippen MR) is 70.0 cm³/mol. The summed E-state index contributed by atoms with van der Waals surface area (Å²) in [4.78, 5) is 2.52. The van der Waals surface area contributed by atoms with E-state index in [0.717, 1.165) is 18.8 Å². The van der Waals surface area contributed by atoms with Gasteiger partial charge in [-0.05, 0) is 51.4 Å². The molecule has 0 aliphatic carbocycles. The fraction of sp³-hybridized carbons (Fsp3) is 0.714. The summed E-state index contributed by atoms with van der Waals surface area (Å²) in [5.74, 6) is 1.08. The van der Waals surface area contributed by atoms with Gasteiger partial charge in [-0.3, -0.25) is 4.90 Å². The molecule has 3 nitrogen and oxygen atoms in total. The number of nitrogens with one attached hydrogen (secondary N) is 1. The smallest absolute Gasteiger partial charge is 0.120 e. The molecular formula is C14H24N2O. The Morgan fingerprint density at radius 1 is 1.59 bits per heavy atom. The molecule has 0 bridgehead atoms. The van der Waals surface area contributed by atoms with Gasteiger partial charge in [-0.25, -0.2) is 0 Å². The fourth-order valence-electron chi connectivity index (χ4n) is 2.58. The van der Waals surface area contributed by atoms with Gasteiger partial charge in [0.05, 0.1) is 12.3 Å². The van der Waals surface area contributed by atoms with Gasteiger partial charge in [-0.2, -0.15) is 0 Å². The SMILES string of the molecule is CCCNC1CCCN(C(C)c2ccco2)C1. The number of furan rings is 1. The molecule has 1 saturated heterocycles. The number of rotatable bonds is 5. The molecule has 96 valence electrons. The van der Waals surface area contributed by atoms with E-state index in [1.54, 1.807) is 6.26 Å². The first-order valence-electron chi connectivity index (χ1n) is 6.82. The fourth-order valence-corrected chi connectivity index (χ4v) is 2.58. The first-order chi connectivity index (χ1) is 8.31. The zero-order valence-electron chi connectivity index (χ0n) is 11.0. The van der Waals surface area contributed by atoms with Gasteiger partial charge in [0.25, 0.3) is 0 Å². The monoisotopic (exact) mass is 236 g/mol. The number of nitrogens with zero attached hydrogens (tertiary/aromatic N) is 1. The van der Waals surface area contributed by atoms with E-state index in [1.165, 1.54) is 25.8 Å². The van der Waals surface area contributed by atoms with Crippen LogP contribution in [0.25, 0.3) is 0 Å². The molecule has 0 saturated carbocycles. The second kappa shape index (κ2) is 6.22. The third-order valence-corrected chi connectivity index (χ3v) is 3.64. The molecule has 17 heavy (non-hydrogen) atoms. The van der Waals surface area contributed by atoms with Crippen molar-refractivity contribution in [1.82, 2.24) is 10.2 Å². The molecule has 1 N–H and O–H groups in total. The molecule has 1 aliphatic rings. The minimum absolute atomic E-state index is 0.399. The lowest BCUT2D eigenvalue weighted by atomic mass is 10.0. The maximum atomic E-state index is 5.50. The second-order valence-corrected chi connectivity index (χ2v) is 4.98. The van der Waals surface area contributed by atoms with Crippen LogP contribution in [0.2, 0.25) is 0 Å². The number of hydrogen-bond acceptors (Lipinski definition) is 3. The third-order valence-electron chi connectivity index (χ3n) is 3.64. The molecule has 1 aliphatic heterocycles. The number of piperidine rings is 1. The van der Waals surface area contributed by atoms with E-state index >= 15 is 0 Å². The molecule has 2 atom stereocenters. The van der Waals surface area contributed by atoms with Crippen molar-refractivity contribution in [3.63, 3.8) is 0 Å². The van der Waals surface area contributed by atoms with Crippen molar-refractivity contribution in [3.05, 3.63) is 24.2 Å². The Hall–Kier alpha value is -0.800. The van der Waals surface area contributed by atoms with Crippen molar-refractivity contribution >= 4 is 0 Å². The summed E-state index contributed by atoms with van der Waals surface area (Å²) in [6, 6.07) is 5.11. The quantitative estimate of drug-likeness (QED) is 0.852. The molecule has 0 amide bonds. The normalized spacial score (nSPS) is 23.8. The van der Waals surface area contributed by atoms with Crippen LogP contribution in [-0.2, 0) is 0 Å². The van der Waals surface area contributed by atoms with E-state index in [9.17, 15) is 0 Å². The molecule has 0 aromatic carbocycles. The Morgan fingerprint density at radius 3 is 3.18 bits per heavy atom. The minimum atomic E-state index is 0.399. The van der Waals surface area contributed by atoms with Gasteiger partial charge in [0.15, 0.2) is 0 Å². The van der Waals surface area contributed by atoms with Crippen molar-refractivity contribution in [3.8, 4) is 0 Å². The Bertz CT molecular complexity index is 310. The molecule has 1 aromatic rings. The molecule has 1 aromatic heterocycles. The molecule has 0 radical (unpaired) electrons. The zero-order valence-corrected chi connectivity index (χ0v) is 11.0. The van der Waals surface area contributed by atoms with Crippen LogP contribution in [0.3, 0.4) is 0 Å². The summed E-state index contributed by atoms with van der Waals surface area (Å²) >= 11 is 0. The van der Waals surface area contributed by atoms with Crippen LogP contribution in [0.1, 0.15) is 44.9 Å². The van der Waals surface area contributed by atoms with E-state index in [0.29, 0.717) is 12.1 Å². The largest absolute Gasteiger partial charge is 0.468 e. The summed E-state index contributed by atoms with van der Waals surface area (Å²) in [6.07, 6.45) is 5.57. The van der Waals surface area contributed by atoms with Gasteiger partial charge in [0, 0.05) is 12.6 Å². The van der Waals surface area contributed by atoms with Gasteiger partial charge in [0.1, 0.15) is 5.76 Å². The van der Waals surface area contributed by atoms with Gasteiger partial charge in [0.2, 0.25) is 0 Å². The van der Waals surface area contributed by atoms with Crippen LogP contribution in [0, 0.1) is 0 Å². The predicted octanol–water partition coefficient (Wildman–Crippen LogP) is 2.80. The standard InChI is InChI=1S/C14H24N2O/c1-3-8-15-13-6-4-9-16(11-13)12(2)14-7-5-10-17-14/h5,7,10,12-13,15H,3-4,6,8-9,11H2,1-2H3. The molecule has 2 rings (SSSR count). The van der Waals surface area contributed by atoms with Crippen LogP contribution in [0.5, 0.6) is 0 Å². The molecule has 2 unspecified atom stereocenters. The average Bonchev–Trinajstić information content (AvgIpc) is 2.89. The Kier molecular flexibility index (Phi) is 4.63. The summed E-state index contributed by atoms with van der Waals surface area (Å²) in [5, 5.41) is 3.63. The lowest BCUT2D eigenvalue weighted by Gasteiger charge is -2.36.